The fourth-order valence-corrected chi connectivity index (χ4v) is 2.55. The van der Waals surface area contributed by atoms with Gasteiger partial charge in [0.05, 0.1) is 21.7 Å². The topological polar surface area (TPSA) is 70.3 Å². The first-order chi connectivity index (χ1) is 11.4. The average Bonchev–Trinajstić information content (AvgIpc) is 2.51. The Morgan fingerprint density at radius 2 is 1.96 bits per heavy atom. The number of hydrogen-bond donors (Lipinski definition) is 1. The van der Waals surface area contributed by atoms with Gasteiger partial charge in [-0.2, -0.15) is 5.26 Å². The molecule has 0 aromatic heterocycles. The summed E-state index contributed by atoms with van der Waals surface area (Å²) < 4.78 is 18.3. The number of carbonyl (C=O) groups is 1. The zero-order valence-corrected chi connectivity index (χ0v) is 13.6. The van der Waals surface area contributed by atoms with Gasteiger partial charge < -0.3 is 9.84 Å². The molecule has 122 valence electrons. The van der Waals surface area contributed by atoms with Crippen molar-refractivity contribution in [2.75, 3.05) is 6.61 Å². The molecule has 0 aliphatic heterocycles. The highest BCUT2D eigenvalue weighted by Gasteiger charge is 2.12. The molecule has 24 heavy (non-hydrogen) atoms. The lowest BCUT2D eigenvalue weighted by atomic mass is 10.0. The van der Waals surface area contributed by atoms with Crippen LogP contribution < -0.4 is 4.74 Å². The number of allylic oxidation sites excluding steroid dienone is 1. The van der Waals surface area contributed by atoms with E-state index in [0.29, 0.717) is 11.1 Å². The molecule has 0 aliphatic rings. The number of hydrogen-bond acceptors (Lipinski definition) is 3. The molecule has 0 fully saturated rings. The average molecular weight is 366 g/mol. The highest BCUT2D eigenvalue weighted by Crippen LogP contribution is 2.35. The maximum atomic E-state index is 13.3. The summed E-state index contributed by atoms with van der Waals surface area (Å²) in [5, 5.41) is 18.1. The fourth-order valence-electron chi connectivity index (χ4n) is 1.94. The molecular weight excluding hydrogens is 356 g/mol. The Bertz CT molecular complexity index is 836. The molecule has 0 atom stereocenters. The van der Waals surface area contributed by atoms with Crippen molar-refractivity contribution in [2.24, 2.45) is 0 Å². The van der Waals surface area contributed by atoms with E-state index in [9.17, 15) is 14.4 Å². The first kappa shape index (κ1) is 17.8. The minimum atomic E-state index is -1.16. The van der Waals surface area contributed by atoms with Crippen LogP contribution in [0.15, 0.2) is 36.4 Å². The minimum absolute atomic E-state index is 0.0437. The Kier molecular flexibility index (Phi) is 5.80. The number of carboxylic acid groups (broad SMARTS) is 1. The van der Waals surface area contributed by atoms with E-state index < -0.39 is 18.4 Å². The first-order valence-corrected chi connectivity index (χ1v) is 7.37. The van der Waals surface area contributed by atoms with Gasteiger partial charge in [-0.1, -0.05) is 35.3 Å². The van der Waals surface area contributed by atoms with Crippen molar-refractivity contribution >= 4 is 40.8 Å². The van der Waals surface area contributed by atoms with Gasteiger partial charge in [0, 0.05) is 0 Å². The summed E-state index contributed by atoms with van der Waals surface area (Å²) in [6, 6.07) is 10.6. The number of carboxylic acids is 1. The molecule has 0 amide bonds. The number of halogens is 3. The summed E-state index contributed by atoms with van der Waals surface area (Å²) >= 11 is 12.1. The number of aliphatic carboxylic acids is 1. The quantitative estimate of drug-likeness (QED) is 0.617. The monoisotopic (exact) mass is 365 g/mol. The number of ether oxygens (including phenoxy) is 1. The molecule has 0 heterocycles. The molecule has 4 nitrogen and oxygen atoms in total. The smallest absolute Gasteiger partial charge is 0.341 e. The van der Waals surface area contributed by atoms with Crippen LogP contribution in [-0.2, 0) is 4.79 Å². The van der Waals surface area contributed by atoms with Crippen LogP contribution in [0, 0.1) is 17.1 Å². The maximum absolute atomic E-state index is 13.3. The third-order valence-corrected chi connectivity index (χ3v) is 3.49. The summed E-state index contributed by atoms with van der Waals surface area (Å²) in [5.41, 5.74) is 1.13. The molecule has 2 aromatic carbocycles. The van der Waals surface area contributed by atoms with E-state index in [-0.39, 0.29) is 21.4 Å². The third kappa shape index (κ3) is 4.48. The van der Waals surface area contributed by atoms with Gasteiger partial charge in [-0.3, -0.25) is 0 Å². The van der Waals surface area contributed by atoms with E-state index in [2.05, 4.69) is 0 Å². The molecular formula is C17H10Cl2FNO3. The van der Waals surface area contributed by atoms with Crippen molar-refractivity contribution in [1.29, 1.82) is 5.26 Å². The number of benzene rings is 2. The Hall–Kier alpha value is -2.55. The van der Waals surface area contributed by atoms with Crippen LogP contribution in [-0.4, -0.2) is 17.7 Å². The summed E-state index contributed by atoms with van der Waals surface area (Å²) in [7, 11) is 0. The second-order valence-corrected chi connectivity index (χ2v) is 5.49. The second-order valence-electron chi connectivity index (χ2n) is 4.68. The predicted octanol–water partition coefficient (Wildman–Crippen LogP) is 4.66. The van der Waals surface area contributed by atoms with Gasteiger partial charge in [0.2, 0.25) is 0 Å². The normalized spacial score (nSPS) is 11.0. The van der Waals surface area contributed by atoms with E-state index in [4.69, 9.17) is 33.0 Å². The van der Waals surface area contributed by atoms with Crippen LogP contribution in [0.5, 0.6) is 5.75 Å². The van der Waals surface area contributed by atoms with E-state index >= 15 is 0 Å². The molecule has 1 N–H and O–H groups in total. The third-order valence-electron chi connectivity index (χ3n) is 2.93. The zero-order chi connectivity index (χ0) is 17.7. The highest BCUT2D eigenvalue weighted by molar-refractivity contribution is 6.37. The molecule has 0 radical (unpaired) electrons. The Labute approximate surface area is 147 Å². The van der Waals surface area contributed by atoms with Crippen molar-refractivity contribution in [2.45, 2.75) is 0 Å². The van der Waals surface area contributed by atoms with Crippen LogP contribution in [0.1, 0.15) is 11.1 Å². The first-order valence-electron chi connectivity index (χ1n) is 6.62. The largest absolute Gasteiger partial charge is 0.479 e. The van der Waals surface area contributed by atoms with Gasteiger partial charge >= 0.3 is 5.97 Å². The van der Waals surface area contributed by atoms with Gasteiger partial charge in [0.15, 0.2) is 12.4 Å². The van der Waals surface area contributed by atoms with E-state index in [1.807, 2.05) is 6.07 Å². The fraction of sp³-hybridized carbons (Fsp3) is 0.0588. The highest BCUT2D eigenvalue weighted by atomic mass is 35.5. The van der Waals surface area contributed by atoms with Crippen LogP contribution >= 0.6 is 23.2 Å². The van der Waals surface area contributed by atoms with Gasteiger partial charge in [0.1, 0.15) is 5.82 Å². The van der Waals surface area contributed by atoms with Gasteiger partial charge in [0.25, 0.3) is 0 Å². The van der Waals surface area contributed by atoms with E-state index in [1.165, 1.54) is 36.4 Å². The maximum Gasteiger partial charge on any atom is 0.341 e. The lowest BCUT2D eigenvalue weighted by Crippen LogP contribution is -2.10. The van der Waals surface area contributed by atoms with Crippen molar-refractivity contribution in [3.05, 3.63) is 63.4 Å². The van der Waals surface area contributed by atoms with Crippen molar-refractivity contribution in [3.8, 4) is 11.8 Å². The molecule has 7 heteroatoms. The van der Waals surface area contributed by atoms with Gasteiger partial charge in [-0.15, -0.1) is 0 Å². The van der Waals surface area contributed by atoms with Crippen molar-refractivity contribution in [1.82, 2.24) is 0 Å². The standard InChI is InChI=1S/C17H10Cl2FNO3/c18-14-5-10(6-15(19)17(14)24-9-16(22)23)4-12(8-21)11-2-1-3-13(20)7-11/h1-7H,9H2,(H,22,23)/b12-4-. The SMILES string of the molecule is N#C/C(=C/c1cc(Cl)c(OCC(=O)O)c(Cl)c1)c1cccc(F)c1. The minimum Gasteiger partial charge on any atom is -0.479 e. The molecule has 2 aromatic rings. The predicted molar refractivity (Wildman–Crippen MR) is 89.5 cm³/mol. The summed E-state index contributed by atoms with van der Waals surface area (Å²) in [6.45, 7) is -0.582. The van der Waals surface area contributed by atoms with Crippen LogP contribution in [0.4, 0.5) is 4.39 Å². The number of nitrogens with zero attached hydrogens (tertiary/aromatic N) is 1. The molecule has 0 saturated carbocycles. The van der Waals surface area contributed by atoms with E-state index in [1.54, 1.807) is 6.07 Å². The van der Waals surface area contributed by atoms with Crippen molar-refractivity contribution < 1.29 is 19.0 Å². The summed E-state index contributed by atoms with van der Waals surface area (Å²) in [6.07, 6.45) is 1.49. The van der Waals surface area contributed by atoms with Gasteiger partial charge in [-0.05, 0) is 41.5 Å². The van der Waals surface area contributed by atoms with Crippen LogP contribution in [0.3, 0.4) is 0 Å². The Morgan fingerprint density at radius 3 is 2.50 bits per heavy atom. The lowest BCUT2D eigenvalue weighted by Gasteiger charge is -2.09. The number of nitriles is 1. The number of rotatable bonds is 5. The van der Waals surface area contributed by atoms with E-state index in [0.717, 1.165) is 0 Å². The molecule has 0 saturated heterocycles. The van der Waals surface area contributed by atoms with Crippen molar-refractivity contribution in [3.63, 3.8) is 0 Å². The van der Waals surface area contributed by atoms with Crippen LogP contribution in [0.2, 0.25) is 10.0 Å². The molecule has 0 spiro atoms. The second kappa shape index (κ2) is 7.82. The zero-order valence-electron chi connectivity index (χ0n) is 12.1. The van der Waals surface area contributed by atoms with Gasteiger partial charge in [-0.25, -0.2) is 9.18 Å². The summed E-state index contributed by atoms with van der Waals surface area (Å²) in [5.74, 6) is -1.58. The Balaban J connectivity index is 2.38. The Morgan fingerprint density at radius 1 is 1.29 bits per heavy atom. The molecule has 0 bridgehead atoms. The van der Waals surface area contributed by atoms with Crippen LogP contribution in [0.25, 0.3) is 11.6 Å². The molecule has 2 rings (SSSR count). The molecule has 0 aliphatic carbocycles. The molecule has 0 unspecified atom stereocenters. The lowest BCUT2D eigenvalue weighted by molar-refractivity contribution is -0.139. The summed E-state index contributed by atoms with van der Waals surface area (Å²) in [4.78, 5) is 10.5.